The van der Waals surface area contributed by atoms with Gasteiger partial charge in [-0.25, -0.2) is 4.79 Å². The molecule has 0 aliphatic rings. The van der Waals surface area contributed by atoms with Crippen LogP contribution in [0, 0.1) is 0 Å². The first kappa shape index (κ1) is 9.42. The van der Waals surface area contributed by atoms with Gasteiger partial charge in [0, 0.05) is 6.54 Å². The second kappa shape index (κ2) is 5.22. The first-order valence-corrected chi connectivity index (χ1v) is 3.72. The number of hydrogen-bond donors (Lipinski definition) is 3. The summed E-state index contributed by atoms with van der Waals surface area (Å²) in [6.45, 7) is -0.0626. The molecule has 0 aliphatic heterocycles. The molecule has 0 aliphatic carbocycles. The van der Waals surface area contributed by atoms with Crippen LogP contribution in [-0.4, -0.2) is 29.2 Å². The molecule has 0 aromatic rings. The zero-order valence-electron chi connectivity index (χ0n) is 5.03. The van der Waals surface area contributed by atoms with Crippen LogP contribution in [0.15, 0.2) is 0 Å². The lowest BCUT2D eigenvalue weighted by Gasteiger charge is -1.98. The molecule has 10 heavy (non-hydrogen) atoms. The first-order valence-electron chi connectivity index (χ1n) is 2.45. The van der Waals surface area contributed by atoms with E-state index in [0.717, 1.165) is 0 Å². The van der Waals surface area contributed by atoms with Gasteiger partial charge in [0.05, 0.1) is 6.61 Å². The fourth-order valence-corrected chi connectivity index (χ4v) is 0.573. The lowest BCUT2D eigenvalue weighted by atomic mass is 10.7. The van der Waals surface area contributed by atoms with Crippen molar-refractivity contribution in [3.05, 3.63) is 0 Å². The van der Waals surface area contributed by atoms with Crippen molar-refractivity contribution >= 4 is 14.3 Å². The van der Waals surface area contributed by atoms with Gasteiger partial charge in [-0.3, -0.25) is 4.57 Å². The molecule has 0 saturated heterocycles. The van der Waals surface area contributed by atoms with Gasteiger partial charge >= 0.3 is 14.3 Å². The van der Waals surface area contributed by atoms with Gasteiger partial charge in [0.2, 0.25) is 0 Å². The number of carboxylic acid groups (broad SMARTS) is 1. The van der Waals surface area contributed by atoms with Crippen molar-refractivity contribution in [3.8, 4) is 0 Å². The second-order valence-electron chi connectivity index (χ2n) is 1.35. The van der Waals surface area contributed by atoms with E-state index < -0.39 is 14.3 Å². The summed E-state index contributed by atoms with van der Waals surface area (Å²) in [6.07, 6.45) is -1.18. The van der Waals surface area contributed by atoms with Crippen molar-refractivity contribution in [2.75, 3.05) is 13.2 Å². The average molecular weight is 169 g/mol. The summed E-state index contributed by atoms with van der Waals surface area (Å²) < 4.78 is 14.0. The molecule has 1 atom stereocenters. The maximum Gasteiger partial charge on any atom is 0.404 e. The van der Waals surface area contributed by atoms with Gasteiger partial charge < -0.3 is 19.8 Å². The van der Waals surface area contributed by atoms with Crippen LogP contribution in [0.4, 0.5) is 4.79 Å². The van der Waals surface area contributed by atoms with Crippen molar-refractivity contribution in [3.63, 3.8) is 0 Å². The van der Waals surface area contributed by atoms with Crippen LogP contribution in [0.3, 0.4) is 0 Å². The summed E-state index contributed by atoms with van der Waals surface area (Å²) in [6, 6.07) is 0. The van der Waals surface area contributed by atoms with E-state index >= 15 is 0 Å². The Hall–Kier alpha value is -0.580. The second-order valence-corrected chi connectivity index (χ2v) is 2.17. The third-order valence-electron chi connectivity index (χ3n) is 0.604. The standard InChI is InChI=1S/C3H8NO5P/c5-3(6)4-1-2-9-10(7)8/h4,10H,1-2H2,(H,5,6)(H,7,8). The molecule has 7 heteroatoms. The zero-order chi connectivity index (χ0) is 7.98. The minimum atomic E-state index is -2.92. The molecule has 0 fully saturated rings. The fourth-order valence-electron chi connectivity index (χ4n) is 0.296. The van der Waals surface area contributed by atoms with E-state index in [-0.39, 0.29) is 13.2 Å². The van der Waals surface area contributed by atoms with E-state index in [4.69, 9.17) is 10.00 Å². The summed E-state index contributed by atoms with van der Waals surface area (Å²) in [5.41, 5.74) is 0. The lowest BCUT2D eigenvalue weighted by Crippen LogP contribution is -2.24. The molecule has 0 rings (SSSR count). The molecule has 0 aromatic heterocycles. The highest BCUT2D eigenvalue weighted by molar-refractivity contribution is 7.32. The monoisotopic (exact) mass is 169 g/mol. The SMILES string of the molecule is O=C(O)NCCO[PH](=O)O. The Bertz CT molecular complexity index is 121. The Labute approximate surface area is 57.8 Å². The van der Waals surface area contributed by atoms with E-state index in [9.17, 15) is 9.36 Å². The summed E-state index contributed by atoms with van der Waals surface area (Å²) in [4.78, 5) is 17.8. The van der Waals surface area contributed by atoms with Gasteiger partial charge in [0.15, 0.2) is 0 Å². The molecule has 0 spiro atoms. The van der Waals surface area contributed by atoms with E-state index in [2.05, 4.69) is 4.52 Å². The van der Waals surface area contributed by atoms with Crippen LogP contribution in [-0.2, 0) is 9.09 Å². The Morgan fingerprint density at radius 2 is 2.30 bits per heavy atom. The van der Waals surface area contributed by atoms with Crippen molar-refractivity contribution < 1.29 is 23.9 Å². The van der Waals surface area contributed by atoms with Crippen molar-refractivity contribution in [2.45, 2.75) is 0 Å². The minimum Gasteiger partial charge on any atom is -0.465 e. The van der Waals surface area contributed by atoms with Gasteiger partial charge in [0.25, 0.3) is 0 Å². The highest BCUT2D eigenvalue weighted by Crippen LogP contribution is 2.12. The molecule has 0 heterocycles. The highest BCUT2D eigenvalue weighted by Gasteiger charge is 1.94. The average Bonchev–Trinajstić information content (AvgIpc) is 1.79. The molecular weight excluding hydrogens is 161 g/mol. The molecule has 0 saturated carbocycles. The normalized spacial score (nSPS) is 12.5. The van der Waals surface area contributed by atoms with Gasteiger partial charge in [-0.05, 0) is 0 Å². The molecule has 1 amide bonds. The summed E-state index contributed by atoms with van der Waals surface area (Å²) in [5.74, 6) is 0. The zero-order valence-corrected chi connectivity index (χ0v) is 6.03. The van der Waals surface area contributed by atoms with Crippen molar-refractivity contribution in [1.82, 2.24) is 5.32 Å². The lowest BCUT2D eigenvalue weighted by molar-refractivity contribution is 0.190. The summed E-state index contributed by atoms with van der Waals surface area (Å²) >= 11 is 0. The number of nitrogens with one attached hydrogen (secondary N) is 1. The summed E-state index contributed by atoms with van der Waals surface area (Å²) in [5, 5.41) is 9.94. The van der Waals surface area contributed by atoms with Crippen LogP contribution >= 0.6 is 8.25 Å². The molecule has 6 nitrogen and oxygen atoms in total. The van der Waals surface area contributed by atoms with E-state index in [1.165, 1.54) is 0 Å². The topological polar surface area (TPSA) is 95.9 Å². The quantitative estimate of drug-likeness (QED) is 0.395. The number of amides is 1. The van der Waals surface area contributed by atoms with Crippen LogP contribution < -0.4 is 5.32 Å². The van der Waals surface area contributed by atoms with E-state index in [1.54, 1.807) is 0 Å². The smallest absolute Gasteiger partial charge is 0.404 e. The summed E-state index contributed by atoms with van der Waals surface area (Å²) in [7, 11) is -2.92. The Kier molecular flexibility index (Phi) is 4.92. The van der Waals surface area contributed by atoms with E-state index in [0.29, 0.717) is 0 Å². The maximum atomic E-state index is 9.83. The minimum absolute atomic E-state index is 0.0201. The van der Waals surface area contributed by atoms with Gasteiger partial charge in [-0.1, -0.05) is 0 Å². The fraction of sp³-hybridized carbons (Fsp3) is 0.667. The van der Waals surface area contributed by atoms with Gasteiger partial charge in [0.1, 0.15) is 0 Å². The van der Waals surface area contributed by atoms with Crippen LogP contribution in [0.2, 0.25) is 0 Å². The van der Waals surface area contributed by atoms with Gasteiger partial charge in [-0.2, -0.15) is 0 Å². The molecule has 0 aromatic carbocycles. The van der Waals surface area contributed by atoms with Crippen LogP contribution in [0.25, 0.3) is 0 Å². The first-order chi connectivity index (χ1) is 4.63. The van der Waals surface area contributed by atoms with E-state index in [1.807, 2.05) is 5.32 Å². The van der Waals surface area contributed by atoms with Crippen LogP contribution in [0.5, 0.6) is 0 Å². The van der Waals surface area contributed by atoms with Gasteiger partial charge in [-0.15, -0.1) is 0 Å². The molecular formula is C3H8NO5P. The third kappa shape index (κ3) is 7.42. The predicted octanol–water partition coefficient (Wildman–Crippen LogP) is -0.347. The molecule has 60 valence electrons. The largest absolute Gasteiger partial charge is 0.465 e. The number of carbonyl (C=O) groups is 1. The Morgan fingerprint density at radius 3 is 2.70 bits per heavy atom. The number of rotatable bonds is 4. The van der Waals surface area contributed by atoms with Crippen LogP contribution in [0.1, 0.15) is 0 Å². The van der Waals surface area contributed by atoms with Crippen molar-refractivity contribution in [1.29, 1.82) is 0 Å². The number of hydrogen-bond acceptors (Lipinski definition) is 3. The molecule has 1 unspecified atom stereocenters. The predicted molar refractivity (Wildman–Crippen MR) is 33.2 cm³/mol. The molecule has 0 radical (unpaired) electrons. The Balaban J connectivity index is 3.06. The molecule has 3 N–H and O–H groups in total. The van der Waals surface area contributed by atoms with Crippen molar-refractivity contribution in [2.24, 2.45) is 0 Å². The third-order valence-corrected chi connectivity index (χ3v) is 1.05. The molecule has 0 bridgehead atoms. The Morgan fingerprint density at radius 1 is 1.70 bits per heavy atom. The maximum absolute atomic E-state index is 9.83. The highest BCUT2D eigenvalue weighted by atomic mass is 31.1.